The van der Waals surface area contributed by atoms with Gasteiger partial charge in [-0.2, -0.15) is 0 Å². The van der Waals surface area contributed by atoms with Gasteiger partial charge in [0.1, 0.15) is 6.04 Å². The predicted octanol–water partition coefficient (Wildman–Crippen LogP) is 1.25. The number of hydrogen-bond acceptors (Lipinski definition) is 3. The maximum absolute atomic E-state index is 12.2. The molecule has 5 heteroatoms. The lowest BCUT2D eigenvalue weighted by Gasteiger charge is -2.23. The molecular weight excluding hydrogens is 268 g/mol. The lowest BCUT2D eigenvalue weighted by Crippen LogP contribution is -2.52. The normalized spacial score (nSPS) is 13.6. The van der Waals surface area contributed by atoms with Crippen LogP contribution < -0.4 is 10.6 Å². The van der Waals surface area contributed by atoms with Crippen molar-refractivity contribution < 1.29 is 14.7 Å². The minimum atomic E-state index is -0.632. The van der Waals surface area contributed by atoms with Gasteiger partial charge in [0.25, 0.3) is 5.91 Å². The SMILES string of the molecule is Cc1cccc(C(=O)NC(C(=O)NC(C)CO)C(C)C)c1. The van der Waals surface area contributed by atoms with Crippen LogP contribution in [0.15, 0.2) is 24.3 Å². The molecule has 0 aliphatic rings. The van der Waals surface area contributed by atoms with Crippen molar-refractivity contribution in [1.29, 1.82) is 0 Å². The van der Waals surface area contributed by atoms with E-state index in [1.54, 1.807) is 19.1 Å². The molecule has 0 heterocycles. The molecule has 0 aromatic heterocycles. The van der Waals surface area contributed by atoms with E-state index in [4.69, 9.17) is 5.11 Å². The van der Waals surface area contributed by atoms with Crippen molar-refractivity contribution in [2.75, 3.05) is 6.61 Å². The molecule has 0 bridgehead atoms. The minimum Gasteiger partial charge on any atom is -0.394 e. The Morgan fingerprint density at radius 3 is 2.38 bits per heavy atom. The van der Waals surface area contributed by atoms with Gasteiger partial charge in [-0.25, -0.2) is 0 Å². The van der Waals surface area contributed by atoms with Crippen LogP contribution in [0.1, 0.15) is 36.7 Å². The summed E-state index contributed by atoms with van der Waals surface area (Å²) >= 11 is 0. The molecule has 2 unspecified atom stereocenters. The second kappa shape index (κ2) is 7.78. The van der Waals surface area contributed by atoms with Crippen molar-refractivity contribution in [2.45, 2.75) is 39.8 Å². The fraction of sp³-hybridized carbons (Fsp3) is 0.500. The molecule has 1 rings (SSSR count). The Bertz CT molecular complexity index is 500. The van der Waals surface area contributed by atoms with Crippen molar-refractivity contribution in [3.05, 3.63) is 35.4 Å². The third-order valence-corrected chi connectivity index (χ3v) is 3.18. The van der Waals surface area contributed by atoms with Gasteiger partial charge in [-0.3, -0.25) is 9.59 Å². The van der Waals surface area contributed by atoms with Crippen LogP contribution in [-0.4, -0.2) is 35.6 Å². The van der Waals surface area contributed by atoms with Gasteiger partial charge in [0, 0.05) is 11.6 Å². The summed E-state index contributed by atoms with van der Waals surface area (Å²) in [4.78, 5) is 24.4. The van der Waals surface area contributed by atoms with Gasteiger partial charge >= 0.3 is 0 Å². The van der Waals surface area contributed by atoms with E-state index in [1.165, 1.54) is 0 Å². The average molecular weight is 292 g/mol. The summed E-state index contributed by atoms with van der Waals surface area (Å²) in [5, 5.41) is 14.4. The summed E-state index contributed by atoms with van der Waals surface area (Å²) in [6, 6.07) is 6.24. The Morgan fingerprint density at radius 2 is 1.86 bits per heavy atom. The summed E-state index contributed by atoms with van der Waals surface area (Å²) in [7, 11) is 0. The minimum absolute atomic E-state index is 0.0512. The molecule has 0 saturated carbocycles. The van der Waals surface area contributed by atoms with Crippen LogP contribution in [0, 0.1) is 12.8 Å². The zero-order chi connectivity index (χ0) is 16.0. The van der Waals surface area contributed by atoms with Crippen LogP contribution in [0.3, 0.4) is 0 Å². The quantitative estimate of drug-likeness (QED) is 0.738. The highest BCUT2D eigenvalue weighted by Crippen LogP contribution is 2.07. The summed E-state index contributed by atoms with van der Waals surface area (Å²) in [5.74, 6) is -0.610. The molecule has 0 spiro atoms. The van der Waals surface area contributed by atoms with Gasteiger partial charge in [0.05, 0.1) is 6.61 Å². The number of aliphatic hydroxyl groups is 1. The first-order chi connectivity index (χ1) is 9.85. The van der Waals surface area contributed by atoms with Crippen molar-refractivity contribution in [3.8, 4) is 0 Å². The molecule has 116 valence electrons. The molecule has 2 amide bonds. The van der Waals surface area contributed by atoms with Gasteiger partial charge in [-0.1, -0.05) is 31.5 Å². The summed E-state index contributed by atoms with van der Waals surface area (Å²) in [6.07, 6.45) is 0. The van der Waals surface area contributed by atoms with E-state index < -0.39 is 6.04 Å². The highest BCUT2D eigenvalue weighted by atomic mass is 16.3. The molecular formula is C16H24N2O3. The first kappa shape index (κ1) is 17.2. The van der Waals surface area contributed by atoms with E-state index in [9.17, 15) is 9.59 Å². The van der Waals surface area contributed by atoms with Crippen molar-refractivity contribution in [3.63, 3.8) is 0 Å². The fourth-order valence-corrected chi connectivity index (χ4v) is 1.92. The second-order valence-corrected chi connectivity index (χ2v) is 5.66. The van der Waals surface area contributed by atoms with Crippen molar-refractivity contribution in [1.82, 2.24) is 10.6 Å². The maximum Gasteiger partial charge on any atom is 0.251 e. The second-order valence-electron chi connectivity index (χ2n) is 5.66. The molecule has 0 fully saturated rings. The number of benzene rings is 1. The van der Waals surface area contributed by atoms with E-state index >= 15 is 0 Å². The first-order valence-corrected chi connectivity index (χ1v) is 7.14. The summed E-state index contributed by atoms with van der Waals surface area (Å²) in [6.45, 7) is 7.21. The first-order valence-electron chi connectivity index (χ1n) is 7.14. The van der Waals surface area contributed by atoms with Gasteiger partial charge in [-0.05, 0) is 31.9 Å². The van der Waals surface area contributed by atoms with Crippen LogP contribution in [0.4, 0.5) is 0 Å². The van der Waals surface area contributed by atoms with E-state index in [0.717, 1.165) is 5.56 Å². The fourth-order valence-electron chi connectivity index (χ4n) is 1.92. The Balaban J connectivity index is 2.79. The number of aliphatic hydroxyl groups excluding tert-OH is 1. The molecule has 0 saturated heterocycles. The molecule has 1 aromatic carbocycles. The standard InChI is InChI=1S/C16H24N2O3/c1-10(2)14(16(21)17-12(4)9-19)18-15(20)13-7-5-6-11(3)8-13/h5-8,10,12,14,19H,9H2,1-4H3,(H,17,21)(H,18,20). The molecule has 21 heavy (non-hydrogen) atoms. The Kier molecular flexibility index (Phi) is 6.37. The smallest absolute Gasteiger partial charge is 0.251 e. The molecule has 5 nitrogen and oxygen atoms in total. The highest BCUT2D eigenvalue weighted by molar-refractivity contribution is 5.97. The van der Waals surface area contributed by atoms with Crippen LogP contribution in [0.25, 0.3) is 0 Å². The Labute approximate surface area is 125 Å². The summed E-state index contributed by atoms with van der Waals surface area (Å²) < 4.78 is 0. The van der Waals surface area contributed by atoms with E-state index in [0.29, 0.717) is 5.56 Å². The van der Waals surface area contributed by atoms with E-state index in [2.05, 4.69) is 10.6 Å². The number of rotatable bonds is 6. The Hall–Kier alpha value is -1.88. The van der Waals surface area contributed by atoms with Gasteiger partial charge in [0.15, 0.2) is 0 Å². The largest absolute Gasteiger partial charge is 0.394 e. The highest BCUT2D eigenvalue weighted by Gasteiger charge is 2.25. The topological polar surface area (TPSA) is 78.4 Å². The monoisotopic (exact) mass is 292 g/mol. The third kappa shape index (κ3) is 5.19. The number of amides is 2. The maximum atomic E-state index is 12.2. The molecule has 0 aliphatic heterocycles. The van der Waals surface area contributed by atoms with Crippen LogP contribution >= 0.6 is 0 Å². The molecule has 2 atom stereocenters. The molecule has 1 aromatic rings. The average Bonchev–Trinajstić information content (AvgIpc) is 2.43. The van der Waals surface area contributed by atoms with Gasteiger partial charge < -0.3 is 15.7 Å². The van der Waals surface area contributed by atoms with Crippen LogP contribution in [0.2, 0.25) is 0 Å². The predicted molar refractivity (Wildman–Crippen MR) is 82.0 cm³/mol. The van der Waals surface area contributed by atoms with E-state index in [-0.39, 0.29) is 30.4 Å². The lowest BCUT2D eigenvalue weighted by atomic mass is 10.0. The number of carbonyl (C=O) groups excluding carboxylic acids is 2. The van der Waals surface area contributed by atoms with Crippen molar-refractivity contribution >= 4 is 11.8 Å². The third-order valence-electron chi connectivity index (χ3n) is 3.18. The van der Waals surface area contributed by atoms with Crippen LogP contribution in [-0.2, 0) is 4.79 Å². The molecule has 3 N–H and O–H groups in total. The van der Waals surface area contributed by atoms with Crippen LogP contribution in [0.5, 0.6) is 0 Å². The van der Waals surface area contributed by atoms with Gasteiger partial charge in [0.2, 0.25) is 5.91 Å². The molecule has 0 aliphatic carbocycles. The van der Waals surface area contributed by atoms with E-state index in [1.807, 2.05) is 32.9 Å². The van der Waals surface area contributed by atoms with Gasteiger partial charge in [-0.15, -0.1) is 0 Å². The zero-order valence-electron chi connectivity index (χ0n) is 13.0. The number of aryl methyl sites for hydroxylation is 1. The zero-order valence-corrected chi connectivity index (χ0v) is 13.0. The molecule has 0 radical (unpaired) electrons. The van der Waals surface area contributed by atoms with Crippen molar-refractivity contribution in [2.24, 2.45) is 5.92 Å². The Morgan fingerprint density at radius 1 is 1.19 bits per heavy atom. The number of hydrogen-bond donors (Lipinski definition) is 3. The number of nitrogens with one attached hydrogen (secondary N) is 2. The lowest BCUT2D eigenvalue weighted by molar-refractivity contribution is -0.124. The summed E-state index contributed by atoms with van der Waals surface area (Å²) in [5.41, 5.74) is 1.52. The number of carbonyl (C=O) groups is 2.